The van der Waals surface area contributed by atoms with Gasteiger partial charge in [-0.2, -0.15) is 0 Å². The molecule has 0 radical (unpaired) electrons. The van der Waals surface area contributed by atoms with E-state index in [1.807, 2.05) is 32.8 Å². The van der Waals surface area contributed by atoms with Gasteiger partial charge in [0.05, 0.1) is 6.26 Å². The van der Waals surface area contributed by atoms with Crippen LogP contribution < -0.4 is 5.32 Å². The second kappa shape index (κ2) is 8.50. The Morgan fingerprint density at radius 1 is 1.21 bits per heavy atom. The SMILES string of the molecule is CCC(C)NC(=O)CCN(CCN(C)C)S(C)(=O)=O. The second-order valence-corrected chi connectivity index (χ2v) is 7.07. The maximum absolute atomic E-state index is 11.6. The molecule has 0 spiro atoms. The summed E-state index contributed by atoms with van der Waals surface area (Å²) in [6.45, 7) is 5.19. The van der Waals surface area contributed by atoms with Crippen molar-refractivity contribution in [3.8, 4) is 0 Å². The standard InChI is InChI=1S/C12H27N3O3S/c1-6-11(2)13-12(16)7-8-15(19(5,17)18)10-9-14(3)4/h11H,6-10H2,1-5H3,(H,13,16). The number of rotatable bonds is 9. The van der Waals surface area contributed by atoms with Crippen molar-refractivity contribution in [2.75, 3.05) is 40.0 Å². The van der Waals surface area contributed by atoms with Gasteiger partial charge in [0.2, 0.25) is 15.9 Å². The molecular weight excluding hydrogens is 266 g/mol. The van der Waals surface area contributed by atoms with E-state index >= 15 is 0 Å². The second-order valence-electron chi connectivity index (χ2n) is 5.09. The summed E-state index contributed by atoms with van der Waals surface area (Å²) in [5.41, 5.74) is 0. The molecule has 0 saturated heterocycles. The van der Waals surface area contributed by atoms with Gasteiger partial charge in [-0.05, 0) is 27.4 Å². The number of nitrogens with one attached hydrogen (secondary N) is 1. The Hall–Kier alpha value is -0.660. The average molecular weight is 293 g/mol. The molecule has 0 aliphatic rings. The van der Waals surface area contributed by atoms with Crippen LogP contribution in [-0.4, -0.2) is 69.6 Å². The van der Waals surface area contributed by atoms with Gasteiger partial charge < -0.3 is 10.2 Å². The summed E-state index contributed by atoms with van der Waals surface area (Å²) in [5, 5.41) is 2.83. The van der Waals surface area contributed by atoms with Crippen LogP contribution in [0.5, 0.6) is 0 Å². The van der Waals surface area contributed by atoms with Crippen molar-refractivity contribution in [2.45, 2.75) is 32.7 Å². The molecule has 0 aliphatic carbocycles. The first-order valence-electron chi connectivity index (χ1n) is 6.56. The Morgan fingerprint density at radius 3 is 2.21 bits per heavy atom. The molecule has 19 heavy (non-hydrogen) atoms. The van der Waals surface area contributed by atoms with Crippen molar-refractivity contribution < 1.29 is 13.2 Å². The predicted octanol–water partition coefficient (Wildman–Crippen LogP) is 0.114. The number of hydrogen-bond donors (Lipinski definition) is 1. The molecule has 114 valence electrons. The van der Waals surface area contributed by atoms with Crippen LogP contribution in [0.3, 0.4) is 0 Å². The number of amides is 1. The lowest BCUT2D eigenvalue weighted by molar-refractivity contribution is -0.121. The van der Waals surface area contributed by atoms with Crippen LogP contribution in [0, 0.1) is 0 Å². The molecule has 0 aliphatic heterocycles. The van der Waals surface area contributed by atoms with Crippen molar-refractivity contribution in [2.24, 2.45) is 0 Å². The zero-order valence-corrected chi connectivity index (χ0v) is 13.5. The highest BCUT2D eigenvalue weighted by atomic mass is 32.2. The van der Waals surface area contributed by atoms with Gasteiger partial charge in [0, 0.05) is 32.1 Å². The normalized spacial score (nSPS) is 13.8. The number of likely N-dealkylation sites (N-methyl/N-ethyl adjacent to an activating group) is 1. The fourth-order valence-corrected chi connectivity index (χ4v) is 2.27. The molecule has 1 amide bonds. The zero-order valence-electron chi connectivity index (χ0n) is 12.6. The number of carbonyl (C=O) groups is 1. The summed E-state index contributed by atoms with van der Waals surface area (Å²) in [6, 6.07) is 0.126. The lowest BCUT2D eigenvalue weighted by atomic mass is 10.2. The molecule has 0 aromatic carbocycles. The van der Waals surface area contributed by atoms with Crippen LogP contribution in [0.15, 0.2) is 0 Å². The first kappa shape index (κ1) is 18.3. The molecule has 6 nitrogen and oxygen atoms in total. The van der Waals surface area contributed by atoms with Crippen LogP contribution in [0.4, 0.5) is 0 Å². The van der Waals surface area contributed by atoms with Crippen LogP contribution in [0.1, 0.15) is 26.7 Å². The minimum atomic E-state index is -3.26. The fraction of sp³-hybridized carbons (Fsp3) is 0.917. The van der Waals surface area contributed by atoms with Gasteiger partial charge >= 0.3 is 0 Å². The van der Waals surface area contributed by atoms with Crippen LogP contribution in [0.25, 0.3) is 0 Å². The van der Waals surface area contributed by atoms with Gasteiger partial charge in [0.1, 0.15) is 0 Å². The minimum Gasteiger partial charge on any atom is -0.354 e. The van der Waals surface area contributed by atoms with Gasteiger partial charge in [-0.25, -0.2) is 12.7 Å². The topological polar surface area (TPSA) is 69.7 Å². The lowest BCUT2D eigenvalue weighted by Gasteiger charge is -2.22. The Kier molecular flexibility index (Phi) is 8.20. The quantitative estimate of drug-likeness (QED) is 0.655. The molecule has 0 bridgehead atoms. The molecule has 0 aromatic rings. The number of sulfonamides is 1. The van der Waals surface area contributed by atoms with E-state index in [0.717, 1.165) is 6.42 Å². The van der Waals surface area contributed by atoms with E-state index in [4.69, 9.17) is 0 Å². The van der Waals surface area contributed by atoms with E-state index in [1.165, 1.54) is 10.6 Å². The van der Waals surface area contributed by atoms with E-state index in [1.54, 1.807) is 0 Å². The van der Waals surface area contributed by atoms with Crippen molar-refractivity contribution in [1.82, 2.24) is 14.5 Å². The van der Waals surface area contributed by atoms with Gasteiger partial charge in [-0.1, -0.05) is 6.92 Å². The Morgan fingerprint density at radius 2 is 1.79 bits per heavy atom. The number of nitrogens with zero attached hydrogens (tertiary/aromatic N) is 2. The molecular formula is C12H27N3O3S. The highest BCUT2D eigenvalue weighted by molar-refractivity contribution is 7.88. The maximum atomic E-state index is 11.6. The molecule has 0 aromatic heterocycles. The fourth-order valence-electron chi connectivity index (χ4n) is 1.43. The third-order valence-electron chi connectivity index (χ3n) is 2.87. The monoisotopic (exact) mass is 293 g/mol. The van der Waals surface area contributed by atoms with Gasteiger partial charge in [0.25, 0.3) is 0 Å². The summed E-state index contributed by atoms with van der Waals surface area (Å²) in [7, 11) is 0.506. The minimum absolute atomic E-state index is 0.104. The van der Waals surface area contributed by atoms with Gasteiger partial charge in [-0.15, -0.1) is 0 Å². The third kappa shape index (κ3) is 8.96. The Labute approximate surface area is 117 Å². The molecule has 1 unspecified atom stereocenters. The molecule has 1 atom stereocenters. The van der Waals surface area contributed by atoms with E-state index < -0.39 is 10.0 Å². The summed E-state index contributed by atoms with van der Waals surface area (Å²) < 4.78 is 24.6. The summed E-state index contributed by atoms with van der Waals surface area (Å²) in [4.78, 5) is 13.6. The first-order valence-corrected chi connectivity index (χ1v) is 8.40. The average Bonchev–Trinajstić information content (AvgIpc) is 2.26. The van der Waals surface area contributed by atoms with Crippen molar-refractivity contribution in [1.29, 1.82) is 0 Å². The molecule has 0 fully saturated rings. The van der Waals surface area contributed by atoms with Crippen molar-refractivity contribution in [3.63, 3.8) is 0 Å². The van der Waals surface area contributed by atoms with E-state index in [-0.39, 0.29) is 24.9 Å². The van der Waals surface area contributed by atoms with Gasteiger partial charge in [0.15, 0.2) is 0 Å². The largest absolute Gasteiger partial charge is 0.354 e. The van der Waals surface area contributed by atoms with Crippen molar-refractivity contribution >= 4 is 15.9 Å². The maximum Gasteiger partial charge on any atom is 0.221 e. The highest BCUT2D eigenvalue weighted by Gasteiger charge is 2.18. The zero-order chi connectivity index (χ0) is 15.1. The molecule has 0 saturated carbocycles. The van der Waals surface area contributed by atoms with Crippen molar-refractivity contribution in [3.05, 3.63) is 0 Å². The van der Waals surface area contributed by atoms with Gasteiger partial charge in [-0.3, -0.25) is 4.79 Å². The summed E-state index contributed by atoms with van der Waals surface area (Å²) >= 11 is 0. The first-order chi connectivity index (χ1) is 8.66. The number of hydrogen-bond acceptors (Lipinski definition) is 4. The van der Waals surface area contributed by atoms with E-state index in [9.17, 15) is 13.2 Å². The van der Waals surface area contributed by atoms with E-state index in [2.05, 4.69) is 5.32 Å². The summed E-state index contributed by atoms with van der Waals surface area (Å²) in [5.74, 6) is -0.104. The third-order valence-corrected chi connectivity index (χ3v) is 4.18. The number of carbonyl (C=O) groups excluding carboxylic acids is 1. The van der Waals surface area contributed by atoms with Crippen LogP contribution in [0.2, 0.25) is 0 Å². The molecule has 0 rings (SSSR count). The molecule has 1 N–H and O–H groups in total. The molecule has 0 heterocycles. The molecule has 7 heteroatoms. The predicted molar refractivity (Wildman–Crippen MR) is 77.5 cm³/mol. The Balaban J connectivity index is 4.31. The lowest BCUT2D eigenvalue weighted by Crippen LogP contribution is -2.39. The Bertz CT molecular complexity index is 368. The van der Waals surface area contributed by atoms with Crippen LogP contribution in [-0.2, 0) is 14.8 Å². The van der Waals surface area contributed by atoms with E-state index in [0.29, 0.717) is 13.1 Å². The highest BCUT2D eigenvalue weighted by Crippen LogP contribution is 2.00. The summed E-state index contributed by atoms with van der Waals surface area (Å²) in [6.07, 6.45) is 2.24. The van der Waals surface area contributed by atoms with Crippen LogP contribution >= 0.6 is 0 Å². The smallest absolute Gasteiger partial charge is 0.221 e.